The third-order valence-electron chi connectivity index (χ3n) is 7.85. The van der Waals surface area contributed by atoms with Crippen LogP contribution in [-0.2, 0) is 12.8 Å². The summed E-state index contributed by atoms with van der Waals surface area (Å²) >= 11 is 0. The van der Waals surface area contributed by atoms with E-state index in [2.05, 4.69) is 117 Å². The van der Waals surface area contributed by atoms with E-state index in [-0.39, 0.29) is 0 Å². The highest BCUT2D eigenvalue weighted by molar-refractivity contribution is 6.70. The van der Waals surface area contributed by atoms with Gasteiger partial charge in [0.05, 0.1) is 35.6 Å². The van der Waals surface area contributed by atoms with E-state index in [4.69, 9.17) is 0 Å². The van der Waals surface area contributed by atoms with Gasteiger partial charge >= 0.3 is 0 Å². The summed E-state index contributed by atoms with van der Waals surface area (Å²) in [7, 11) is 3.26. The van der Waals surface area contributed by atoms with Gasteiger partial charge in [-0.15, -0.1) is 0 Å². The highest BCUT2D eigenvalue weighted by Crippen LogP contribution is 2.42. The monoisotopic (exact) mass is 496 g/mol. The predicted octanol–water partition coefficient (Wildman–Crippen LogP) is 6.36. The molecule has 0 fully saturated rings. The van der Waals surface area contributed by atoms with E-state index in [0.717, 1.165) is 18.0 Å². The molecule has 4 radical (unpaired) electrons. The number of para-hydroxylation sites is 1. The molecule has 174 valence electrons. The van der Waals surface area contributed by atoms with Gasteiger partial charge in [-0.1, -0.05) is 72.0 Å². The van der Waals surface area contributed by atoms with Crippen molar-refractivity contribution in [1.29, 1.82) is 0 Å². The third kappa shape index (κ3) is 3.21. The SMILES string of the molecule is C[Si](C)c1cccc(-n2c3c(c4c2ccc2c5ccccc5n(-c5cccc([Si])c5)c24)CCCC3)c1. The molecular formula is C32H28N2Si2. The Bertz CT molecular complexity index is 1790. The Kier molecular flexibility index (Phi) is 5.08. The zero-order valence-corrected chi connectivity index (χ0v) is 22.8. The minimum Gasteiger partial charge on any atom is -0.313 e. The van der Waals surface area contributed by atoms with Crippen molar-refractivity contribution in [1.82, 2.24) is 9.13 Å². The Balaban J connectivity index is 1.66. The van der Waals surface area contributed by atoms with E-state index < -0.39 is 8.80 Å². The molecule has 0 unspecified atom stereocenters. The number of fused-ring (bicyclic) bond motifs is 7. The first-order valence-corrected chi connectivity index (χ1v) is 15.9. The number of aromatic nitrogens is 2. The summed E-state index contributed by atoms with van der Waals surface area (Å²) in [5, 5.41) is 6.68. The van der Waals surface area contributed by atoms with E-state index in [1.807, 2.05) is 0 Å². The fourth-order valence-electron chi connectivity index (χ4n) is 6.25. The average Bonchev–Trinajstić information content (AvgIpc) is 3.41. The standard InChI is InChI=1S/C32H28N2Si2/c1-36(2)24-12-8-10-22(20-24)33-29-16-6-4-14-27(29)31-30(33)18-17-26-25-13-3-5-15-28(25)34(32(26)31)21-9-7-11-23(35)19-21/h3,5,7-13,15,17-20H,4,6,14,16H2,1-2H3. The van der Waals surface area contributed by atoms with Crippen molar-refractivity contribution < 1.29 is 0 Å². The van der Waals surface area contributed by atoms with Gasteiger partial charge < -0.3 is 9.13 Å². The minimum absolute atomic E-state index is 0.518. The molecule has 0 saturated carbocycles. The molecule has 0 N–H and O–H groups in total. The Morgan fingerprint density at radius 2 is 1.47 bits per heavy atom. The van der Waals surface area contributed by atoms with Crippen molar-refractivity contribution in [3.63, 3.8) is 0 Å². The summed E-state index contributed by atoms with van der Waals surface area (Å²) < 4.78 is 5.08. The molecule has 1 aliphatic rings. The molecule has 0 atom stereocenters. The molecule has 2 nitrogen and oxygen atoms in total. The fourth-order valence-corrected chi connectivity index (χ4v) is 7.36. The molecule has 4 heteroatoms. The Hall–Kier alpha value is -3.35. The molecule has 0 aliphatic heterocycles. The zero-order chi connectivity index (χ0) is 24.4. The second kappa shape index (κ2) is 8.36. The molecule has 6 aromatic rings. The molecule has 0 bridgehead atoms. The first-order chi connectivity index (χ1) is 17.6. The highest BCUT2D eigenvalue weighted by atomic mass is 28.3. The van der Waals surface area contributed by atoms with Crippen LogP contribution in [0.15, 0.2) is 84.9 Å². The van der Waals surface area contributed by atoms with Crippen LogP contribution < -0.4 is 10.4 Å². The molecule has 0 saturated heterocycles. The summed E-state index contributed by atoms with van der Waals surface area (Å²) in [6.45, 7) is 4.76. The van der Waals surface area contributed by atoms with Crippen molar-refractivity contribution in [3.8, 4) is 11.4 Å². The maximum Gasteiger partial charge on any atom is 0.0792 e. The summed E-state index contributed by atoms with van der Waals surface area (Å²) in [5.74, 6) is 0. The number of rotatable bonds is 3. The summed E-state index contributed by atoms with van der Waals surface area (Å²) in [6, 6.07) is 31.6. The molecule has 36 heavy (non-hydrogen) atoms. The van der Waals surface area contributed by atoms with Crippen molar-refractivity contribution in [3.05, 3.63) is 96.2 Å². The highest BCUT2D eigenvalue weighted by Gasteiger charge is 2.25. The molecule has 2 heterocycles. The lowest BCUT2D eigenvalue weighted by Gasteiger charge is -2.17. The topological polar surface area (TPSA) is 9.86 Å². The largest absolute Gasteiger partial charge is 0.313 e. The Labute approximate surface area is 217 Å². The predicted molar refractivity (Wildman–Crippen MR) is 157 cm³/mol. The van der Waals surface area contributed by atoms with Crippen molar-refractivity contribution in [2.75, 3.05) is 0 Å². The second-order valence-corrected chi connectivity index (χ2v) is 13.4. The van der Waals surface area contributed by atoms with E-state index in [1.54, 1.807) is 5.56 Å². The van der Waals surface area contributed by atoms with Crippen LogP contribution >= 0.6 is 0 Å². The molecular weight excluding hydrogens is 469 g/mol. The normalized spacial score (nSPS) is 13.8. The van der Waals surface area contributed by atoms with Gasteiger partial charge in [-0.3, -0.25) is 0 Å². The maximum atomic E-state index is 3.78. The van der Waals surface area contributed by atoms with Crippen LogP contribution in [0.1, 0.15) is 24.1 Å². The van der Waals surface area contributed by atoms with E-state index >= 15 is 0 Å². The quantitative estimate of drug-likeness (QED) is 0.252. The van der Waals surface area contributed by atoms with Crippen LogP contribution in [0.2, 0.25) is 13.1 Å². The molecule has 2 aromatic heterocycles. The van der Waals surface area contributed by atoms with Crippen molar-refractivity contribution in [2.45, 2.75) is 38.8 Å². The lowest BCUT2D eigenvalue weighted by atomic mass is 9.94. The van der Waals surface area contributed by atoms with Gasteiger partial charge in [0.1, 0.15) is 0 Å². The lowest BCUT2D eigenvalue weighted by molar-refractivity contribution is 0.667. The third-order valence-corrected chi connectivity index (χ3v) is 9.63. The number of aryl methyl sites for hydroxylation is 1. The van der Waals surface area contributed by atoms with Gasteiger partial charge in [-0.25, -0.2) is 0 Å². The van der Waals surface area contributed by atoms with E-state index in [9.17, 15) is 0 Å². The van der Waals surface area contributed by atoms with Gasteiger partial charge in [-0.2, -0.15) is 0 Å². The molecule has 0 spiro atoms. The van der Waals surface area contributed by atoms with Gasteiger partial charge in [0, 0.05) is 33.2 Å². The first-order valence-electron chi connectivity index (χ1n) is 12.9. The van der Waals surface area contributed by atoms with Crippen LogP contribution in [0.5, 0.6) is 0 Å². The second-order valence-electron chi connectivity index (χ2n) is 10.3. The van der Waals surface area contributed by atoms with Gasteiger partial charge in [0.15, 0.2) is 0 Å². The smallest absolute Gasteiger partial charge is 0.0792 e. The average molecular weight is 497 g/mol. The fraction of sp³-hybridized carbons (Fsp3) is 0.188. The van der Waals surface area contributed by atoms with Crippen LogP contribution in [0.3, 0.4) is 0 Å². The summed E-state index contributed by atoms with van der Waals surface area (Å²) in [4.78, 5) is 0. The van der Waals surface area contributed by atoms with Crippen LogP contribution in [0.4, 0.5) is 0 Å². The lowest BCUT2D eigenvalue weighted by Crippen LogP contribution is -2.23. The van der Waals surface area contributed by atoms with Gasteiger partial charge in [0.2, 0.25) is 0 Å². The maximum absolute atomic E-state index is 3.78. The van der Waals surface area contributed by atoms with Crippen LogP contribution in [-0.4, -0.2) is 28.2 Å². The molecule has 7 rings (SSSR count). The Morgan fingerprint density at radius 1 is 0.694 bits per heavy atom. The molecule has 0 amide bonds. The first kappa shape index (κ1) is 21.9. The van der Waals surface area contributed by atoms with Crippen molar-refractivity contribution >= 4 is 62.1 Å². The number of benzene rings is 4. The van der Waals surface area contributed by atoms with E-state index in [0.29, 0.717) is 0 Å². The number of nitrogens with zero attached hydrogens (tertiary/aromatic N) is 2. The van der Waals surface area contributed by atoms with Crippen LogP contribution in [0, 0.1) is 0 Å². The number of hydrogen-bond donors (Lipinski definition) is 0. The zero-order valence-electron chi connectivity index (χ0n) is 20.8. The van der Waals surface area contributed by atoms with E-state index in [1.165, 1.54) is 67.8 Å². The molecule has 1 aliphatic carbocycles. The van der Waals surface area contributed by atoms with Gasteiger partial charge in [0.25, 0.3) is 0 Å². The Morgan fingerprint density at radius 3 is 2.31 bits per heavy atom. The van der Waals surface area contributed by atoms with Crippen LogP contribution in [0.25, 0.3) is 44.1 Å². The van der Waals surface area contributed by atoms with Crippen molar-refractivity contribution in [2.24, 2.45) is 0 Å². The number of hydrogen-bond acceptors (Lipinski definition) is 0. The minimum atomic E-state index is -0.518. The molecule has 4 aromatic carbocycles. The summed E-state index contributed by atoms with van der Waals surface area (Å²) in [5.41, 5.74) is 9.51. The summed E-state index contributed by atoms with van der Waals surface area (Å²) in [6.07, 6.45) is 4.81. The van der Waals surface area contributed by atoms with Gasteiger partial charge in [-0.05, 0) is 67.6 Å².